The Morgan fingerprint density at radius 1 is 1.29 bits per heavy atom. The van der Waals surface area contributed by atoms with Crippen molar-refractivity contribution in [1.82, 2.24) is 25.5 Å². The number of aryl methyl sites for hydroxylation is 2. The van der Waals surface area contributed by atoms with Crippen LogP contribution >= 0.6 is 0 Å². The summed E-state index contributed by atoms with van der Waals surface area (Å²) in [5, 5.41) is 10.8. The molecule has 3 atom stereocenters. The zero-order valence-electron chi connectivity index (χ0n) is 16.6. The molecule has 9 nitrogen and oxygen atoms in total. The summed E-state index contributed by atoms with van der Waals surface area (Å²) in [4.78, 5) is 31.4. The zero-order chi connectivity index (χ0) is 20.1. The van der Waals surface area contributed by atoms with Crippen molar-refractivity contribution in [2.75, 3.05) is 13.1 Å². The molecule has 1 saturated carbocycles. The lowest BCUT2D eigenvalue weighted by Gasteiger charge is -2.26. The maximum absolute atomic E-state index is 12.6. The van der Waals surface area contributed by atoms with Gasteiger partial charge < -0.3 is 19.3 Å². The van der Waals surface area contributed by atoms with E-state index in [0.29, 0.717) is 37.0 Å². The molecule has 1 aliphatic heterocycles. The number of carbonyl (C=O) groups is 2. The Labute approximate surface area is 162 Å². The smallest absolute Gasteiger partial charge is 0.273 e. The fraction of sp³-hybridized carbons (Fsp3) is 0.632. The molecule has 0 unspecified atom stereocenters. The number of hydrogen-bond donors (Lipinski definition) is 1. The minimum atomic E-state index is -0.427. The van der Waals surface area contributed by atoms with Crippen molar-refractivity contribution in [3.8, 4) is 0 Å². The Bertz CT molecular complexity index is 904. The second-order valence-electron chi connectivity index (χ2n) is 8.31. The first-order valence-electron chi connectivity index (χ1n) is 9.62. The standard InChI is InChI=1S/C19H25N5O4/c1-10(2)17(26)24-8-13-6-14(21-16(25)15-5-11(3)27-23-15)7-19(13,9-24)18-20-12(4)22-28-18/h5,10,13-14H,6-9H2,1-4H3,(H,21,25)/t13-,14+,19-/m0/s1. The Hall–Kier alpha value is -2.71. The third-order valence-electron chi connectivity index (χ3n) is 5.83. The Kier molecular flexibility index (Phi) is 4.47. The number of nitrogens with zero attached hydrogens (tertiary/aromatic N) is 4. The van der Waals surface area contributed by atoms with Gasteiger partial charge in [0, 0.05) is 31.1 Å². The summed E-state index contributed by atoms with van der Waals surface area (Å²) >= 11 is 0. The van der Waals surface area contributed by atoms with Gasteiger partial charge in [0.25, 0.3) is 5.91 Å². The van der Waals surface area contributed by atoms with E-state index in [1.54, 1.807) is 19.9 Å². The van der Waals surface area contributed by atoms with Gasteiger partial charge in [-0.15, -0.1) is 0 Å². The third kappa shape index (κ3) is 3.08. The number of aromatic nitrogens is 3. The van der Waals surface area contributed by atoms with E-state index in [0.717, 1.165) is 6.42 Å². The van der Waals surface area contributed by atoms with Crippen LogP contribution in [0.15, 0.2) is 15.1 Å². The van der Waals surface area contributed by atoms with Crippen LogP contribution in [0.25, 0.3) is 0 Å². The molecule has 2 fully saturated rings. The molecule has 2 amide bonds. The minimum Gasteiger partial charge on any atom is -0.361 e. The fourth-order valence-corrected chi connectivity index (χ4v) is 4.58. The molecule has 28 heavy (non-hydrogen) atoms. The second kappa shape index (κ2) is 6.72. The van der Waals surface area contributed by atoms with Crippen LogP contribution < -0.4 is 5.32 Å². The maximum Gasteiger partial charge on any atom is 0.273 e. The molecule has 150 valence electrons. The predicted molar refractivity (Wildman–Crippen MR) is 97.3 cm³/mol. The van der Waals surface area contributed by atoms with E-state index in [9.17, 15) is 9.59 Å². The summed E-state index contributed by atoms with van der Waals surface area (Å²) < 4.78 is 10.5. The molecule has 1 saturated heterocycles. The van der Waals surface area contributed by atoms with E-state index in [-0.39, 0.29) is 35.4 Å². The molecular weight excluding hydrogens is 362 g/mol. The molecule has 2 aliphatic rings. The summed E-state index contributed by atoms with van der Waals surface area (Å²) in [6.07, 6.45) is 1.38. The number of hydrogen-bond acceptors (Lipinski definition) is 7. The SMILES string of the molecule is Cc1noc([C@]23C[C@H](NC(=O)c4cc(C)on4)C[C@H]2CN(C(=O)C(C)C)C3)n1. The van der Waals surface area contributed by atoms with Crippen LogP contribution in [0.5, 0.6) is 0 Å². The van der Waals surface area contributed by atoms with Gasteiger partial charge in [-0.3, -0.25) is 9.59 Å². The van der Waals surface area contributed by atoms with Crippen LogP contribution in [-0.2, 0) is 10.2 Å². The van der Waals surface area contributed by atoms with Crippen molar-refractivity contribution in [1.29, 1.82) is 0 Å². The first-order valence-corrected chi connectivity index (χ1v) is 9.62. The van der Waals surface area contributed by atoms with Crippen molar-refractivity contribution in [3.63, 3.8) is 0 Å². The minimum absolute atomic E-state index is 0.0574. The fourth-order valence-electron chi connectivity index (χ4n) is 4.58. The quantitative estimate of drug-likeness (QED) is 0.848. The number of fused-ring (bicyclic) bond motifs is 1. The molecule has 4 rings (SSSR count). The van der Waals surface area contributed by atoms with Crippen molar-refractivity contribution in [2.24, 2.45) is 11.8 Å². The molecule has 3 heterocycles. The predicted octanol–water partition coefficient (Wildman–Crippen LogP) is 1.62. The van der Waals surface area contributed by atoms with Crippen LogP contribution in [-0.4, -0.2) is 51.1 Å². The molecule has 2 aromatic heterocycles. The number of rotatable bonds is 4. The average Bonchev–Trinajstić information content (AvgIpc) is 3.37. The van der Waals surface area contributed by atoms with E-state index in [1.165, 1.54) is 0 Å². The van der Waals surface area contributed by atoms with Gasteiger partial charge in [0.2, 0.25) is 11.8 Å². The summed E-state index contributed by atoms with van der Waals surface area (Å²) in [7, 11) is 0. The van der Waals surface area contributed by atoms with E-state index < -0.39 is 5.41 Å². The van der Waals surface area contributed by atoms with Gasteiger partial charge >= 0.3 is 0 Å². The number of amides is 2. The van der Waals surface area contributed by atoms with E-state index in [1.807, 2.05) is 18.7 Å². The molecule has 0 radical (unpaired) electrons. The van der Waals surface area contributed by atoms with Gasteiger partial charge in [-0.1, -0.05) is 24.2 Å². The highest BCUT2D eigenvalue weighted by Crippen LogP contribution is 2.50. The van der Waals surface area contributed by atoms with Gasteiger partial charge in [0.15, 0.2) is 11.5 Å². The normalized spacial score (nSPS) is 26.7. The molecule has 2 aromatic rings. The second-order valence-corrected chi connectivity index (χ2v) is 8.31. The monoisotopic (exact) mass is 387 g/mol. The van der Waals surface area contributed by atoms with E-state index >= 15 is 0 Å². The average molecular weight is 387 g/mol. The van der Waals surface area contributed by atoms with Crippen LogP contribution in [0.4, 0.5) is 0 Å². The van der Waals surface area contributed by atoms with Crippen LogP contribution in [0.1, 0.15) is 54.7 Å². The van der Waals surface area contributed by atoms with Gasteiger partial charge in [0.1, 0.15) is 5.76 Å². The molecule has 1 N–H and O–H groups in total. The van der Waals surface area contributed by atoms with Crippen LogP contribution in [0.3, 0.4) is 0 Å². The first kappa shape index (κ1) is 18.6. The molecule has 1 aliphatic carbocycles. The van der Waals surface area contributed by atoms with Crippen molar-refractivity contribution in [3.05, 3.63) is 29.2 Å². The van der Waals surface area contributed by atoms with Gasteiger partial charge in [-0.2, -0.15) is 4.98 Å². The Morgan fingerprint density at radius 3 is 2.68 bits per heavy atom. The van der Waals surface area contributed by atoms with E-state index in [4.69, 9.17) is 9.05 Å². The highest BCUT2D eigenvalue weighted by Gasteiger charge is 2.58. The Balaban J connectivity index is 1.56. The number of likely N-dealkylation sites (tertiary alicyclic amines) is 1. The lowest BCUT2D eigenvalue weighted by molar-refractivity contribution is -0.133. The highest BCUT2D eigenvalue weighted by atomic mass is 16.5. The lowest BCUT2D eigenvalue weighted by atomic mass is 9.80. The van der Waals surface area contributed by atoms with E-state index in [2.05, 4.69) is 20.6 Å². The molecular formula is C19H25N5O4. The lowest BCUT2D eigenvalue weighted by Crippen LogP contribution is -2.40. The molecule has 9 heteroatoms. The third-order valence-corrected chi connectivity index (χ3v) is 5.83. The first-order chi connectivity index (χ1) is 13.3. The van der Waals surface area contributed by atoms with Gasteiger partial charge in [0.05, 0.1) is 5.41 Å². The number of carbonyl (C=O) groups excluding carboxylic acids is 2. The summed E-state index contributed by atoms with van der Waals surface area (Å²) in [5.41, 5.74) is -0.155. The maximum atomic E-state index is 12.6. The molecule has 0 spiro atoms. The summed E-state index contributed by atoms with van der Waals surface area (Å²) in [5.74, 6) is 1.68. The van der Waals surface area contributed by atoms with Crippen LogP contribution in [0, 0.1) is 25.7 Å². The largest absolute Gasteiger partial charge is 0.361 e. The van der Waals surface area contributed by atoms with Gasteiger partial charge in [-0.25, -0.2) is 0 Å². The zero-order valence-corrected chi connectivity index (χ0v) is 16.6. The summed E-state index contributed by atoms with van der Waals surface area (Å²) in [6.45, 7) is 8.51. The van der Waals surface area contributed by atoms with Crippen molar-refractivity contribution in [2.45, 2.75) is 52.0 Å². The highest BCUT2D eigenvalue weighted by molar-refractivity contribution is 5.92. The van der Waals surface area contributed by atoms with Crippen LogP contribution in [0.2, 0.25) is 0 Å². The number of nitrogens with one attached hydrogen (secondary N) is 1. The summed E-state index contributed by atoms with van der Waals surface area (Å²) in [6, 6.07) is 1.56. The molecule has 0 aromatic carbocycles. The molecule has 0 bridgehead atoms. The van der Waals surface area contributed by atoms with Crippen molar-refractivity contribution >= 4 is 11.8 Å². The van der Waals surface area contributed by atoms with Gasteiger partial charge in [-0.05, 0) is 32.6 Å². The van der Waals surface area contributed by atoms with Crippen molar-refractivity contribution < 1.29 is 18.6 Å². The Morgan fingerprint density at radius 2 is 2.07 bits per heavy atom. The topological polar surface area (TPSA) is 114 Å².